The Kier molecular flexibility index (Phi) is 4.18. The summed E-state index contributed by atoms with van der Waals surface area (Å²) >= 11 is 0. The Morgan fingerprint density at radius 3 is 2.36 bits per heavy atom. The topological polar surface area (TPSA) is 110 Å². The molecule has 0 aliphatic carbocycles. The van der Waals surface area contributed by atoms with Crippen LogP contribution in [0.25, 0.3) is 0 Å². The minimum Gasteiger partial charge on any atom is -0.264 e. The summed E-state index contributed by atoms with van der Waals surface area (Å²) in [5.74, 6) is 0. The Labute approximate surface area is 64.6 Å². The van der Waals surface area contributed by atoms with Crippen molar-refractivity contribution < 1.29 is 25.6 Å². The summed E-state index contributed by atoms with van der Waals surface area (Å²) in [7, 11) is -7.06. The molecule has 0 saturated heterocycles. The van der Waals surface area contributed by atoms with Crippen molar-refractivity contribution in [2.24, 2.45) is 4.36 Å². The van der Waals surface area contributed by atoms with Crippen LogP contribution < -0.4 is 0 Å². The molecule has 0 aliphatic heterocycles. The highest BCUT2D eigenvalue weighted by molar-refractivity contribution is 7.80. The number of nitrogens with zero attached hydrogens (tertiary/aromatic N) is 1. The molecule has 0 bridgehead atoms. The van der Waals surface area contributed by atoms with Crippen LogP contribution in [0.2, 0.25) is 0 Å². The molecule has 9 heteroatoms. The fourth-order valence-electron chi connectivity index (χ4n) is 0.254. The maximum absolute atomic E-state index is 9.81. The van der Waals surface area contributed by atoms with E-state index >= 15 is 0 Å². The van der Waals surface area contributed by atoms with Gasteiger partial charge < -0.3 is 0 Å². The average molecular weight is 203 g/mol. The van der Waals surface area contributed by atoms with Crippen LogP contribution >= 0.6 is 0 Å². The molecule has 0 atom stereocenters. The van der Waals surface area contributed by atoms with Gasteiger partial charge in [0.15, 0.2) is 0 Å². The van der Waals surface area contributed by atoms with Crippen LogP contribution in [0.1, 0.15) is 0 Å². The second kappa shape index (κ2) is 4.38. The molecular weight excluding hydrogens is 198 g/mol. The second-order valence-electron chi connectivity index (χ2n) is 1.32. The molecule has 0 radical (unpaired) electrons. The first-order valence-electron chi connectivity index (χ1n) is 2.30. The standard InChI is InChI=1S/C2H5NO6S2/c4-10(5)3-1-2-9-11(6,7)8/h1-2H2,(H,6,7,8). The van der Waals surface area contributed by atoms with E-state index in [4.69, 9.17) is 4.55 Å². The molecule has 7 nitrogen and oxygen atoms in total. The highest BCUT2D eigenvalue weighted by Gasteiger charge is 2.01. The van der Waals surface area contributed by atoms with Crippen molar-refractivity contribution in [1.29, 1.82) is 0 Å². The normalized spacial score (nSPS) is 11.0. The molecule has 11 heavy (non-hydrogen) atoms. The van der Waals surface area contributed by atoms with Gasteiger partial charge in [0.2, 0.25) is 0 Å². The first-order valence-corrected chi connectivity index (χ1v) is 4.70. The zero-order valence-corrected chi connectivity index (χ0v) is 6.80. The van der Waals surface area contributed by atoms with Gasteiger partial charge >= 0.3 is 20.9 Å². The van der Waals surface area contributed by atoms with Crippen LogP contribution in [-0.2, 0) is 25.1 Å². The minimum absolute atomic E-state index is 0.337. The third kappa shape index (κ3) is 9.49. The summed E-state index contributed by atoms with van der Waals surface area (Å²) in [5.41, 5.74) is 0. The van der Waals surface area contributed by atoms with Crippen molar-refractivity contribution in [3.8, 4) is 0 Å². The highest BCUT2D eigenvalue weighted by atomic mass is 32.3. The minimum atomic E-state index is -4.48. The van der Waals surface area contributed by atoms with Crippen LogP contribution in [0, 0.1) is 0 Å². The lowest BCUT2D eigenvalue weighted by Gasteiger charge is -1.92. The van der Waals surface area contributed by atoms with Crippen molar-refractivity contribution in [2.45, 2.75) is 0 Å². The van der Waals surface area contributed by atoms with Gasteiger partial charge in [0.25, 0.3) is 0 Å². The monoisotopic (exact) mass is 203 g/mol. The van der Waals surface area contributed by atoms with Crippen LogP contribution in [0.5, 0.6) is 0 Å². The van der Waals surface area contributed by atoms with Gasteiger partial charge in [-0.15, -0.1) is 0 Å². The van der Waals surface area contributed by atoms with Gasteiger partial charge in [-0.2, -0.15) is 21.2 Å². The lowest BCUT2D eigenvalue weighted by atomic mass is 10.8. The molecular formula is C2H5NO6S2. The average Bonchev–Trinajstić information content (AvgIpc) is 1.78. The lowest BCUT2D eigenvalue weighted by molar-refractivity contribution is 0.276. The molecule has 0 aromatic heterocycles. The Balaban J connectivity index is 3.70. The van der Waals surface area contributed by atoms with E-state index in [9.17, 15) is 16.8 Å². The zero-order chi connectivity index (χ0) is 8.91. The summed E-state index contributed by atoms with van der Waals surface area (Å²) in [6.45, 7) is -0.831. The number of rotatable bonds is 4. The Morgan fingerprint density at radius 1 is 1.45 bits per heavy atom. The molecule has 1 N–H and O–H groups in total. The summed E-state index contributed by atoms with van der Waals surface area (Å²) in [5, 5.41) is 0. The molecule has 0 rings (SSSR count). The Hall–Kier alpha value is -0.510. The number of hydrogen-bond acceptors (Lipinski definition) is 6. The van der Waals surface area contributed by atoms with Crippen LogP contribution in [0.3, 0.4) is 0 Å². The van der Waals surface area contributed by atoms with Gasteiger partial charge in [0, 0.05) is 0 Å². The fourth-order valence-corrected chi connectivity index (χ4v) is 0.763. The maximum atomic E-state index is 9.81. The molecule has 66 valence electrons. The third-order valence-electron chi connectivity index (χ3n) is 0.520. The molecule has 0 heterocycles. The van der Waals surface area contributed by atoms with Gasteiger partial charge in [0.05, 0.1) is 13.2 Å². The quantitative estimate of drug-likeness (QED) is 0.457. The molecule has 0 unspecified atom stereocenters. The van der Waals surface area contributed by atoms with E-state index in [1.54, 1.807) is 0 Å². The van der Waals surface area contributed by atoms with Gasteiger partial charge in [0.1, 0.15) is 0 Å². The Bertz CT molecular complexity index is 316. The van der Waals surface area contributed by atoms with Crippen LogP contribution in [-0.4, -0.2) is 34.5 Å². The largest absolute Gasteiger partial charge is 0.397 e. The van der Waals surface area contributed by atoms with Crippen molar-refractivity contribution in [2.75, 3.05) is 13.2 Å². The van der Waals surface area contributed by atoms with E-state index in [1.165, 1.54) is 0 Å². The van der Waals surface area contributed by atoms with E-state index in [1.807, 2.05) is 0 Å². The predicted molar refractivity (Wildman–Crippen MR) is 33.7 cm³/mol. The van der Waals surface area contributed by atoms with E-state index in [0.29, 0.717) is 0 Å². The molecule has 0 spiro atoms. The SMILES string of the molecule is O=S(=O)=NCCOS(=O)(=O)O. The van der Waals surface area contributed by atoms with Crippen LogP contribution in [0.15, 0.2) is 4.36 Å². The van der Waals surface area contributed by atoms with Crippen molar-refractivity contribution in [3.05, 3.63) is 0 Å². The van der Waals surface area contributed by atoms with Gasteiger partial charge in [-0.3, -0.25) is 4.55 Å². The lowest BCUT2D eigenvalue weighted by Crippen LogP contribution is -2.06. The molecule has 0 aromatic carbocycles. The summed E-state index contributed by atoms with van der Waals surface area (Å²) in [6, 6.07) is 0. The first kappa shape index (κ1) is 10.5. The van der Waals surface area contributed by atoms with Gasteiger partial charge in [-0.25, -0.2) is 4.18 Å². The summed E-state index contributed by atoms with van der Waals surface area (Å²) in [4.78, 5) is 0. The van der Waals surface area contributed by atoms with E-state index < -0.39 is 27.5 Å². The van der Waals surface area contributed by atoms with Crippen molar-refractivity contribution in [1.82, 2.24) is 0 Å². The van der Waals surface area contributed by atoms with Gasteiger partial charge in [-0.1, -0.05) is 0 Å². The molecule has 0 amide bonds. The zero-order valence-electron chi connectivity index (χ0n) is 5.17. The van der Waals surface area contributed by atoms with Gasteiger partial charge in [-0.05, 0) is 0 Å². The van der Waals surface area contributed by atoms with Crippen molar-refractivity contribution in [3.63, 3.8) is 0 Å². The smallest absolute Gasteiger partial charge is 0.264 e. The van der Waals surface area contributed by atoms with E-state index in [0.717, 1.165) is 0 Å². The molecule has 0 aliphatic rings. The van der Waals surface area contributed by atoms with E-state index in [-0.39, 0.29) is 6.54 Å². The van der Waals surface area contributed by atoms with Crippen LogP contribution in [0.4, 0.5) is 0 Å². The molecule has 0 fully saturated rings. The second-order valence-corrected chi connectivity index (χ2v) is 3.10. The molecule has 0 aromatic rings. The number of hydrogen-bond donors (Lipinski definition) is 1. The third-order valence-corrected chi connectivity index (χ3v) is 1.38. The maximum Gasteiger partial charge on any atom is 0.397 e. The Morgan fingerprint density at radius 2 is 2.00 bits per heavy atom. The highest BCUT2D eigenvalue weighted by Crippen LogP contribution is 1.84. The van der Waals surface area contributed by atoms with Crippen molar-refractivity contribution >= 4 is 20.9 Å². The summed E-state index contributed by atoms with van der Waals surface area (Å²) < 4.78 is 53.5. The predicted octanol–water partition coefficient (Wildman–Crippen LogP) is -1.13. The molecule has 0 saturated carbocycles. The summed E-state index contributed by atoms with van der Waals surface area (Å²) in [6.07, 6.45) is 0. The van der Waals surface area contributed by atoms with E-state index in [2.05, 4.69) is 8.55 Å². The first-order chi connectivity index (χ1) is 4.92. The fraction of sp³-hybridized carbons (Fsp3) is 1.00.